The third-order valence-corrected chi connectivity index (χ3v) is 7.61. The maximum atomic E-state index is 12.0. The Kier molecular flexibility index (Phi) is 8.29. The summed E-state index contributed by atoms with van der Waals surface area (Å²) in [5.41, 5.74) is 14.2. The molecule has 18 nitrogen and oxygen atoms in total. The molecule has 0 amide bonds. The molecule has 0 aliphatic heterocycles. The second-order valence-electron chi connectivity index (χ2n) is 8.94. The molecule has 0 radical (unpaired) electrons. The van der Waals surface area contributed by atoms with E-state index < -0.39 is 18.4 Å². The fourth-order valence-electron chi connectivity index (χ4n) is 3.88. The van der Waals surface area contributed by atoms with Gasteiger partial charge < -0.3 is 21.3 Å². The molecule has 0 unspecified atom stereocenters. The van der Waals surface area contributed by atoms with E-state index in [1.165, 1.54) is 34.1 Å². The number of ketones is 1. The van der Waals surface area contributed by atoms with Gasteiger partial charge in [0.15, 0.2) is 50.3 Å². The molecular weight excluding hydrogens is 612 g/mol. The van der Waals surface area contributed by atoms with Crippen LogP contribution in [0.1, 0.15) is 42.4 Å². The standard InChI is InChI=1S/C24H24N14O4S2/c1-9-16(31-33-22-18(13(40)7-39)29-11(3)43-22)20(25)37(35-9)14-6-15(28-8-27-14)38-21(26)17(10(2)36-38)32-34-23-19(24(41)42-5)30-12(4)44-23/h6,8,39H,7,25-26H2,1-5H3. The highest BCUT2D eigenvalue weighted by Crippen LogP contribution is 2.35. The summed E-state index contributed by atoms with van der Waals surface area (Å²) in [4.78, 5) is 40.9. The van der Waals surface area contributed by atoms with Crippen LogP contribution in [0, 0.1) is 27.7 Å². The van der Waals surface area contributed by atoms with E-state index >= 15 is 0 Å². The van der Waals surface area contributed by atoms with Crippen LogP contribution in [0.25, 0.3) is 11.6 Å². The van der Waals surface area contributed by atoms with Gasteiger partial charge in [0.1, 0.15) is 18.6 Å². The van der Waals surface area contributed by atoms with Crippen molar-refractivity contribution >= 4 is 67.4 Å². The first-order valence-electron chi connectivity index (χ1n) is 12.6. The van der Waals surface area contributed by atoms with Gasteiger partial charge in [0.2, 0.25) is 5.78 Å². The summed E-state index contributed by atoms with van der Waals surface area (Å²) >= 11 is 2.33. The molecule has 0 fully saturated rings. The van der Waals surface area contributed by atoms with Gasteiger partial charge in [-0.1, -0.05) is 22.7 Å². The summed E-state index contributed by atoms with van der Waals surface area (Å²) in [7, 11) is 1.26. The summed E-state index contributed by atoms with van der Waals surface area (Å²) in [6.07, 6.45) is 1.29. The van der Waals surface area contributed by atoms with Crippen LogP contribution in [0.4, 0.5) is 33.0 Å². The highest BCUT2D eigenvalue weighted by molar-refractivity contribution is 7.16. The lowest BCUT2D eigenvalue weighted by atomic mass is 10.3. The number of Topliss-reactive ketones (excluding diaryl/α,β-unsaturated/α-hetero) is 1. The van der Waals surface area contributed by atoms with Crippen LogP contribution in [0.2, 0.25) is 0 Å². The van der Waals surface area contributed by atoms with Crippen LogP contribution in [0.15, 0.2) is 32.9 Å². The normalized spacial score (nSPS) is 11.7. The molecule has 20 heteroatoms. The van der Waals surface area contributed by atoms with Crippen molar-refractivity contribution in [2.75, 3.05) is 25.2 Å². The lowest BCUT2D eigenvalue weighted by Crippen LogP contribution is -2.09. The molecule has 5 aromatic rings. The van der Waals surface area contributed by atoms with Gasteiger partial charge in [0.25, 0.3) is 0 Å². The number of nitrogen functional groups attached to an aromatic ring is 2. The fourth-order valence-corrected chi connectivity index (χ4v) is 5.36. The van der Waals surface area contributed by atoms with Gasteiger partial charge in [0, 0.05) is 6.07 Å². The maximum absolute atomic E-state index is 12.0. The molecule has 5 rings (SSSR count). The Morgan fingerprint density at radius 3 is 1.80 bits per heavy atom. The molecule has 44 heavy (non-hydrogen) atoms. The molecule has 0 aromatic carbocycles. The average Bonchev–Trinajstić information content (AvgIpc) is 3.73. The summed E-state index contributed by atoms with van der Waals surface area (Å²) < 4.78 is 7.47. The van der Waals surface area contributed by atoms with Crippen molar-refractivity contribution < 1.29 is 19.4 Å². The average molecular weight is 637 g/mol. The van der Waals surface area contributed by atoms with E-state index in [9.17, 15) is 14.7 Å². The fraction of sp³-hybridized carbons (Fsp3) is 0.250. The van der Waals surface area contributed by atoms with E-state index in [0.29, 0.717) is 21.4 Å². The van der Waals surface area contributed by atoms with Crippen LogP contribution in [0.5, 0.6) is 0 Å². The smallest absolute Gasteiger partial charge is 0.359 e. The van der Waals surface area contributed by atoms with Gasteiger partial charge in [-0.3, -0.25) is 4.79 Å². The van der Waals surface area contributed by atoms with E-state index in [1.807, 2.05) is 0 Å². The molecule has 0 spiro atoms. The van der Waals surface area contributed by atoms with Crippen LogP contribution in [-0.4, -0.2) is 70.1 Å². The van der Waals surface area contributed by atoms with Crippen molar-refractivity contribution in [1.29, 1.82) is 0 Å². The number of carbonyl (C=O) groups is 2. The zero-order valence-electron chi connectivity index (χ0n) is 23.9. The number of aliphatic hydroxyl groups excluding tert-OH is 1. The second-order valence-corrected chi connectivity index (χ2v) is 11.3. The van der Waals surface area contributed by atoms with Crippen LogP contribution >= 0.6 is 22.7 Å². The molecule has 0 bridgehead atoms. The zero-order chi connectivity index (χ0) is 31.7. The molecule has 0 atom stereocenters. The van der Waals surface area contributed by atoms with Gasteiger partial charge >= 0.3 is 5.97 Å². The number of anilines is 2. The number of rotatable bonds is 9. The largest absolute Gasteiger partial charge is 0.464 e. The molecule has 0 saturated carbocycles. The predicted octanol–water partition coefficient (Wildman–Crippen LogP) is 3.95. The Balaban J connectivity index is 1.46. The van der Waals surface area contributed by atoms with Crippen molar-refractivity contribution in [1.82, 2.24) is 39.5 Å². The predicted molar refractivity (Wildman–Crippen MR) is 159 cm³/mol. The number of hydrogen-bond acceptors (Lipinski definition) is 18. The zero-order valence-corrected chi connectivity index (χ0v) is 25.5. The van der Waals surface area contributed by atoms with E-state index in [-0.39, 0.29) is 56.0 Å². The summed E-state index contributed by atoms with van der Waals surface area (Å²) in [6.45, 7) is 6.12. The topological polar surface area (TPSA) is 252 Å². The van der Waals surface area contributed by atoms with E-state index in [0.717, 1.165) is 11.3 Å². The van der Waals surface area contributed by atoms with Crippen LogP contribution in [0.3, 0.4) is 0 Å². The van der Waals surface area contributed by atoms with Gasteiger partial charge in [-0.2, -0.15) is 19.6 Å². The highest BCUT2D eigenvalue weighted by atomic mass is 32.1. The SMILES string of the molecule is COC(=O)c1nc(C)sc1N=Nc1c(C)nn(-c2cc(-n3nc(C)c(N=Nc4sc(C)nc4C(=O)CO)c3N)ncn2)c1N. The Bertz CT molecular complexity index is 1830. The molecular formula is C24H24N14O4S2. The molecule has 5 N–H and O–H groups in total. The van der Waals surface area contributed by atoms with Gasteiger partial charge in [-0.05, 0) is 27.7 Å². The first-order valence-corrected chi connectivity index (χ1v) is 14.2. The van der Waals surface area contributed by atoms with Crippen molar-refractivity contribution in [2.24, 2.45) is 20.5 Å². The monoisotopic (exact) mass is 636 g/mol. The number of aryl methyl sites for hydroxylation is 4. The van der Waals surface area contributed by atoms with Crippen molar-refractivity contribution in [3.05, 3.63) is 45.2 Å². The Labute approximate surface area is 256 Å². The number of azo groups is 2. The van der Waals surface area contributed by atoms with Crippen LogP contribution in [-0.2, 0) is 4.74 Å². The molecule has 226 valence electrons. The minimum Gasteiger partial charge on any atom is -0.464 e. The van der Waals surface area contributed by atoms with Crippen molar-refractivity contribution in [3.63, 3.8) is 0 Å². The van der Waals surface area contributed by atoms with E-state index in [4.69, 9.17) is 16.2 Å². The minimum atomic E-state index is -0.701. The first-order chi connectivity index (χ1) is 21.0. The molecule has 0 aliphatic rings. The summed E-state index contributed by atoms with van der Waals surface area (Å²) in [5.74, 6) is -0.393. The van der Waals surface area contributed by atoms with Crippen molar-refractivity contribution in [3.8, 4) is 11.6 Å². The Morgan fingerprint density at radius 1 is 0.841 bits per heavy atom. The molecule has 5 heterocycles. The number of thiazole rings is 2. The molecule has 0 saturated heterocycles. The van der Waals surface area contributed by atoms with Gasteiger partial charge in [-0.25, -0.2) is 24.7 Å². The van der Waals surface area contributed by atoms with Crippen molar-refractivity contribution in [2.45, 2.75) is 27.7 Å². The van der Waals surface area contributed by atoms with E-state index in [1.54, 1.807) is 33.8 Å². The number of nitrogens with two attached hydrogens (primary N) is 2. The third-order valence-electron chi connectivity index (χ3n) is 5.90. The van der Waals surface area contributed by atoms with Gasteiger partial charge in [-0.15, -0.1) is 20.5 Å². The lowest BCUT2D eigenvalue weighted by Gasteiger charge is -2.06. The number of hydrogen-bond donors (Lipinski definition) is 3. The Morgan fingerprint density at radius 2 is 1.32 bits per heavy atom. The third kappa shape index (κ3) is 5.67. The molecule has 0 aliphatic carbocycles. The highest BCUT2D eigenvalue weighted by Gasteiger charge is 2.21. The lowest BCUT2D eigenvalue weighted by molar-refractivity contribution is 0.0595. The minimum absolute atomic E-state index is 0.0277. The number of carbonyl (C=O) groups excluding carboxylic acids is 2. The van der Waals surface area contributed by atoms with E-state index in [2.05, 4.69) is 50.6 Å². The Hall–Kier alpha value is -5.34. The maximum Gasteiger partial charge on any atom is 0.359 e. The number of methoxy groups -OCH3 is 1. The summed E-state index contributed by atoms with van der Waals surface area (Å²) in [6, 6.07) is 1.56. The summed E-state index contributed by atoms with van der Waals surface area (Å²) in [5, 5.41) is 36.6. The number of aliphatic hydroxyl groups is 1. The number of aromatic nitrogens is 8. The molecule has 5 aromatic heterocycles. The van der Waals surface area contributed by atoms with Gasteiger partial charge in [0.05, 0.1) is 28.5 Å². The quantitative estimate of drug-likeness (QED) is 0.118. The second kappa shape index (κ2) is 12.1. The first kappa shape index (κ1) is 30.1. The van der Waals surface area contributed by atoms with Crippen LogP contribution < -0.4 is 11.5 Å². The number of esters is 1. The number of nitrogens with zero attached hydrogens (tertiary/aromatic N) is 12. The number of ether oxygens (including phenoxy) is 1.